The number of thiazole rings is 1. The van der Waals surface area contributed by atoms with Crippen LogP contribution in [-0.4, -0.2) is 68.0 Å². The first-order chi connectivity index (χ1) is 17.6. The van der Waals surface area contributed by atoms with Crippen molar-refractivity contribution in [2.24, 2.45) is 0 Å². The average molecular weight is 558 g/mol. The highest BCUT2D eigenvalue weighted by atomic mass is 32.1. The minimum Gasteiger partial charge on any atom is -0.389 e. The lowest BCUT2D eigenvalue weighted by Crippen LogP contribution is -2.41. The van der Waals surface area contributed by atoms with Gasteiger partial charge in [-0.1, -0.05) is 0 Å². The van der Waals surface area contributed by atoms with Crippen molar-refractivity contribution in [3.8, 4) is 10.4 Å². The van der Waals surface area contributed by atoms with E-state index in [2.05, 4.69) is 20.6 Å². The number of carbonyl (C=O) groups is 2. The summed E-state index contributed by atoms with van der Waals surface area (Å²) in [6, 6.07) is 0.389. The van der Waals surface area contributed by atoms with Crippen LogP contribution in [-0.2, 0) is 0 Å². The second-order valence-electron chi connectivity index (χ2n) is 11.0. The number of nitrogens with one attached hydrogen (secondary N) is 2. The van der Waals surface area contributed by atoms with E-state index < -0.39 is 54.3 Å². The normalized spacial score (nSPS) is 20.4. The lowest BCUT2D eigenvalue weighted by molar-refractivity contribution is 0.0118. The van der Waals surface area contributed by atoms with E-state index in [1.807, 2.05) is 6.92 Å². The van der Waals surface area contributed by atoms with E-state index in [4.69, 9.17) is 0 Å². The third-order valence-electron chi connectivity index (χ3n) is 6.80. The molecular weight excluding hydrogens is 526 g/mol. The number of carbonyl (C=O) groups excluding carboxylic acids is 2. The lowest BCUT2D eigenvalue weighted by atomic mass is 9.78. The fourth-order valence-corrected chi connectivity index (χ4v) is 5.59. The van der Waals surface area contributed by atoms with Crippen molar-refractivity contribution in [2.45, 2.75) is 82.9 Å². The highest BCUT2D eigenvalue weighted by Gasteiger charge is 2.46. The van der Waals surface area contributed by atoms with Gasteiger partial charge in [-0.25, -0.2) is 27.5 Å². The largest absolute Gasteiger partial charge is 0.389 e. The van der Waals surface area contributed by atoms with Crippen LogP contribution in [0.15, 0.2) is 12.3 Å². The minimum atomic E-state index is -3.10. The van der Waals surface area contributed by atoms with Gasteiger partial charge in [0.1, 0.15) is 11.5 Å². The third kappa shape index (κ3) is 6.09. The molecule has 2 aliphatic rings. The van der Waals surface area contributed by atoms with Crippen LogP contribution in [0.2, 0.25) is 0 Å². The molecule has 2 aromatic heterocycles. The van der Waals surface area contributed by atoms with Crippen molar-refractivity contribution in [1.82, 2.24) is 20.2 Å². The number of amides is 2. The molecule has 8 nitrogen and oxygen atoms in total. The minimum absolute atomic E-state index is 0.0602. The van der Waals surface area contributed by atoms with Crippen LogP contribution < -0.4 is 10.6 Å². The molecule has 2 amide bonds. The summed E-state index contributed by atoms with van der Waals surface area (Å²) < 4.78 is 56.6. The van der Waals surface area contributed by atoms with E-state index in [0.29, 0.717) is 11.3 Å². The molecule has 0 bridgehead atoms. The summed E-state index contributed by atoms with van der Waals surface area (Å²) in [6.07, 6.45) is 0.458. The van der Waals surface area contributed by atoms with Crippen molar-refractivity contribution >= 4 is 29.0 Å². The molecule has 3 heterocycles. The predicted octanol–water partition coefficient (Wildman–Crippen LogP) is 4.87. The van der Waals surface area contributed by atoms with Gasteiger partial charge in [-0.3, -0.25) is 9.59 Å². The van der Waals surface area contributed by atoms with Gasteiger partial charge in [0.25, 0.3) is 24.2 Å². The highest BCUT2D eigenvalue weighted by Crippen LogP contribution is 2.41. The summed E-state index contributed by atoms with van der Waals surface area (Å²) in [4.78, 5) is 35.5. The molecule has 4 rings (SSSR count). The second-order valence-corrected chi connectivity index (χ2v) is 12.0. The van der Waals surface area contributed by atoms with Crippen LogP contribution in [0, 0.1) is 0 Å². The number of likely N-dealkylation sites (tertiary alicyclic amines) is 1. The van der Waals surface area contributed by atoms with E-state index in [1.165, 1.54) is 33.0 Å². The van der Waals surface area contributed by atoms with Crippen molar-refractivity contribution < 1.29 is 32.3 Å². The van der Waals surface area contributed by atoms with Crippen LogP contribution in [0.1, 0.15) is 85.7 Å². The number of hydrogen-bond acceptors (Lipinski definition) is 7. The van der Waals surface area contributed by atoms with Gasteiger partial charge in [-0.05, 0) is 53.0 Å². The maximum absolute atomic E-state index is 14.3. The molecule has 0 spiro atoms. The van der Waals surface area contributed by atoms with Crippen molar-refractivity contribution in [2.75, 3.05) is 18.4 Å². The molecule has 13 heteroatoms. The molecule has 1 saturated carbocycles. The van der Waals surface area contributed by atoms with Crippen LogP contribution in [0.5, 0.6) is 0 Å². The van der Waals surface area contributed by atoms with E-state index in [0.717, 1.165) is 24.2 Å². The highest BCUT2D eigenvalue weighted by molar-refractivity contribution is 7.17. The molecule has 1 saturated heterocycles. The molecule has 0 unspecified atom stereocenters. The Morgan fingerprint density at radius 2 is 2.00 bits per heavy atom. The maximum atomic E-state index is 14.3. The number of halogens is 4. The van der Waals surface area contributed by atoms with Crippen LogP contribution >= 0.6 is 11.3 Å². The van der Waals surface area contributed by atoms with Gasteiger partial charge in [0.2, 0.25) is 0 Å². The Morgan fingerprint density at radius 3 is 2.53 bits per heavy atom. The first-order valence-corrected chi connectivity index (χ1v) is 13.2. The number of rotatable bonds is 8. The third-order valence-corrected chi connectivity index (χ3v) is 7.88. The topological polar surface area (TPSA) is 107 Å². The molecule has 38 heavy (non-hydrogen) atoms. The van der Waals surface area contributed by atoms with Gasteiger partial charge >= 0.3 is 0 Å². The number of alkyl halides is 4. The Balaban J connectivity index is 1.76. The summed E-state index contributed by atoms with van der Waals surface area (Å²) in [7, 11) is 0. The average Bonchev–Trinajstić information content (AvgIpc) is 3.35. The smallest absolute Gasteiger partial charge is 0.280 e. The summed E-state index contributed by atoms with van der Waals surface area (Å²) >= 11 is 0.692. The molecule has 1 atom stereocenters. The first kappa shape index (κ1) is 28.2. The number of aliphatic hydroxyl groups is 1. The zero-order chi connectivity index (χ0) is 28.0. The summed E-state index contributed by atoms with van der Waals surface area (Å²) in [6.45, 7) is 5.42. The Kier molecular flexibility index (Phi) is 7.47. The molecule has 208 valence electrons. The Labute approximate surface area is 221 Å². The maximum Gasteiger partial charge on any atom is 0.280 e. The van der Waals surface area contributed by atoms with E-state index in [-0.39, 0.29) is 39.0 Å². The summed E-state index contributed by atoms with van der Waals surface area (Å²) in [5.74, 6) is -4.47. The number of hydrogen-bond donors (Lipinski definition) is 3. The van der Waals surface area contributed by atoms with Gasteiger partial charge in [-0.2, -0.15) is 0 Å². The number of aromatic nitrogens is 2. The van der Waals surface area contributed by atoms with Crippen LogP contribution in [0.3, 0.4) is 0 Å². The first-order valence-electron chi connectivity index (χ1n) is 12.3. The van der Waals surface area contributed by atoms with Gasteiger partial charge in [0, 0.05) is 41.9 Å². The molecular formula is C25H31F4N5O3S. The lowest BCUT2D eigenvalue weighted by Gasteiger charge is -2.39. The van der Waals surface area contributed by atoms with E-state index >= 15 is 0 Å². The van der Waals surface area contributed by atoms with Crippen LogP contribution in [0.25, 0.3) is 10.4 Å². The molecule has 2 fully saturated rings. The fraction of sp³-hybridized carbons (Fsp3) is 0.600. The summed E-state index contributed by atoms with van der Waals surface area (Å²) in [5.41, 5.74) is -2.39. The van der Waals surface area contributed by atoms with E-state index in [1.54, 1.807) is 0 Å². The molecule has 3 N–H and O–H groups in total. The van der Waals surface area contributed by atoms with Crippen LogP contribution in [0.4, 0.5) is 23.4 Å². The number of anilines is 1. The predicted molar refractivity (Wildman–Crippen MR) is 135 cm³/mol. The molecule has 1 aliphatic heterocycles. The molecule has 1 aliphatic carbocycles. The Bertz CT molecular complexity index is 1230. The Morgan fingerprint density at radius 1 is 1.32 bits per heavy atom. The van der Waals surface area contributed by atoms with Gasteiger partial charge in [-0.15, -0.1) is 11.3 Å². The molecule has 0 aromatic carbocycles. The number of pyridine rings is 1. The Hall–Kier alpha value is -2.80. The van der Waals surface area contributed by atoms with Gasteiger partial charge in [0.15, 0.2) is 5.01 Å². The molecule has 2 aromatic rings. The summed E-state index contributed by atoms with van der Waals surface area (Å²) in [5, 5.41) is 15.4. The number of nitrogens with zero attached hydrogens (tertiary/aromatic N) is 3. The zero-order valence-corrected chi connectivity index (χ0v) is 22.4. The SMILES string of the molecule is C[C@H]1CC(F)(F)CN1C(=O)c1nc(C(=O)NCC(C)(C)O)sc1-c1cnc(NC2(C)CCC2)cc1C(F)F. The zero-order valence-electron chi connectivity index (χ0n) is 21.6. The van der Waals surface area contributed by atoms with Gasteiger partial charge in [0.05, 0.1) is 17.0 Å². The quantitative estimate of drug-likeness (QED) is 0.400. The van der Waals surface area contributed by atoms with Crippen molar-refractivity contribution in [3.63, 3.8) is 0 Å². The molecule has 0 radical (unpaired) electrons. The van der Waals surface area contributed by atoms with Gasteiger partial charge < -0.3 is 20.6 Å². The van der Waals surface area contributed by atoms with Crippen molar-refractivity contribution in [3.05, 3.63) is 28.5 Å². The van der Waals surface area contributed by atoms with E-state index in [9.17, 15) is 32.3 Å². The monoisotopic (exact) mass is 557 g/mol. The standard InChI is InChI=1S/C25H31F4N5O3S/c1-13-9-25(28,29)12-34(13)22(36)17-18(38-21(32-17)20(35)31-11-23(2,3)37)15-10-30-16(8-14(15)19(26)27)33-24(4)6-5-7-24/h8,10,13,19,37H,5-7,9,11-12H2,1-4H3,(H,30,33)(H,31,35)/t13-/m0/s1. The second kappa shape index (κ2) is 10.1. The fourth-order valence-electron chi connectivity index (χ4n) is 4.59. The van der Waals surface area contributed by atoms with Crippen molar-refractivity contribution in [1.29, 1.82) is 0 Å².